The van der Waals surface area contributed by atoms with Gasteiger partial charge in [0.15, 0.2) is 10.4 Å². The number of fused-ring (bicyclic) bond motifs is 2. The number of H-pyrrole nitrogens is 1. The summed E-state index contributed by atoms with van der Waals surface area (Å²) >= 11 is 5.27. The third-order valence-corrected chi connectivity index (χ3v) is 5.06. The maximum Gasteiger partial charge on any atom is 0.262 e. The van der Waals surface area contributed by atoms with Gasteiger partial charge in [0.05, 0.1) is 10.9 Å². The fraction of sp³-hybridized carbons (Fsp3) is 0.250. The Bertz CT molecular complexity index is 1290. The quantitative estimate of drug-likeness (QED) is 0.361. The van der Waals surface area contributed by atoms with E-state index < -0.39 is 0 Å². The summed E-state index contributed by atoms with van der Waals surface area (Å²) in [4.78, 5) is 27.8. The molecule has 2 N–H and O–H groups in total. The molecular weight excluding hydrogens is 388 g/mol. The van der Waals surface area contributed by atoms with Crippen molar-refractivity contribution in [3.8, 4) is 0 Å². The molecule has 0 saturated carbocycles. The van der Waals surface area contributed by atoms with E-state index in [1.54, 1.807) is 12.1 Å². The molecule has 3 aromatic heterocycles. The molecule has 4 aromatic rings. The molecule has 0 spiro atoms. The summed E-state index contributed by atoms with van der Waals surface area (Å²) in [5.41, 5.74) is 1.32. The summed E-state index contributed by atoms with van der Waals surface area (Å²) in [6, 6.07) is 12.9. The largest absolute Gasteiger partial charge is 0.356 e. The topological polar surface area (TPSA) is 97.1 Å². The van der Waals surface area contributed by atoms with Crippen molar-refractivity contribution in [3.63, 3.8) is 0 Å². The second kappa shape index (κ2) is 8.36. The number of aryl methyl sites for hydroxylation is 1. The first-order valence-electron chi connectivity index (χ1n) is 9.41. The van der Waals surface area contributed by atoms with Crippen LogP contribution < -0.4 is 10.9 Å². The minimum Gasteiger partial charge on any atom is -0.356 e. The highest BCUT2D eigenvalue weighted by molar-refractivity contribution is 7.71. The van der Waals surface area contributed by atoms with Crippen LogP contribution >= 0.6 is 12.2 Å². The molecule has 0 bridgehead atoms. The van der Waals surface area contributed by atoms with Crippen molar-refractivity contribution >= 4 is 34.7 Å². The van der Waals surface area contributed by atoms with Gasteiger partial charge >= 0.3 is 0 Å². The van der Waals surface area contributed by atoms with Crippen LogP contribution in [0.2, 0.25) is 0 Å². The lowest BCUT2D eigenvalue weighted by Crippen LogP contribution is -2.29. The van der Waals surface area contributed by atoms with E-state index in [9.17, 15) is 9.59 Å². The molecule has 0 radical (unpaired) electrons. The molecule has 0 aliphatic carbocycles. The molecule has 0 aliphatic rings. The van der Waals surface area contributed by atoms with Gasteiger partial charge in [0.1, 0.15) is 5.82 Å². The van der Waals surface area contributed by atoms with Crippen LogP contribution in [0.1, 0.15) is 18.7 Å². The SMILES string of the molecule is O=C(CCn1c(=S)[nH]c2ccccc2c1=O)NCCCc1nnc2ccccn12. The average molecular weight is 408 g/mol. The minimum absolute atomic E-state index is 0.120. The Kier molecular flexibility index (Phi) is 5.48. The second-order valence-electron chi connectivity index (χ2n) is 6.68. The third-order valence-electron chi connectivity index (χ3n) is 4.74. The van der Waals surface area contributed by atoms with Gasteiger partial charge in [-0.1, -0.05) is 18.2 Å². The molecule has 29 heavy (non-hydrogen) atoms. The minimum atomic E-state index is -0.184. The molecule has 0 aliphatic heterocycles. The monoisotopic (exact) mass is 408 g/mol. The first-order valence-corrected chi connectivity index (χ1v) is 9.81. The maximum absolute atomic E-state index is 12.6. The van der Waals surface area contributed by atoms with Crippen molar-refractivity contribution in [1.29, 1.82) is 0 Å². The summed E-state index contributed by atoms with van der Waals surface area (Å²) in [7, 11) is 0. The fourth-order valence-corrected chi connectivity index (χ4v) is 3.52. The lowest BCUT2D eigenvalue weighted by atomic mass is 10.2. The Morgan fingerprint density at radius 1 is 1.14 bits per heavy atom. The normalized spacial score (nSPS) is 11.2. The Morgan fingerprint density at radius 2 is 1.97 bits per heavy atom. The van der Waals surface area contributed by atoms with Gasteiger partial charge in [-0.05, 0) is 42.9 Å². The molecule has 1 aromatic carbocycles. The second-order valence-corrected chi connectivity index (χ2v) is 7.07. The number of carbonyl (C=O) groups excluding carboxylic acids is 1. The Hall–Kier alpha value is -3.33. The molecule has 8 nitrogen and oxygen atoms in total. The zero-order valence-corrected chi connectivity index (χ0v) is 16.5. The van der Waals surface area contributed by atoms with Crippen molar-refractivity contribution < 1.29 is 4.79 Å². The number of nitrogens with one attached hydrogen (secondary N) is 2. The molecule has 0 atom stereocenters. The Balaban J connectivity index is 1.30. The summed E-state index contributed by atoms with van der Waals surface area (Å²) in [6.45, 7) is 0.764. The van der Waals surface area contributed by atoms with E-state index in [-0.39, 0.29) is 24.4 Å². The number of hydrogen-bond acceptors (Lipinski definition) is 5. The van der Waals surface area contributed by atoms with Gasteiger partial charge in [0, 0.05) is 32.1 Å². The van der Waals surface area contributed by atoms with Crippen LogP contribution in [0.4, 0.5) is 0 Å². The van der Waals surface area contributed by atoms with E-state index in [1.807, 2.05) is 40.9 Å². The molecule has 148 valence electrons. The van der Waals surface area contributed by atoms with Crippen molar-refractivity contribution in [1.82, 2.24) is 29.5 Å². The van der Waals surface area contributed by atoms with Gasteiger partial charge in [0.25, 0.3) is 5.56 Å². The number of para-hydroxylation sites is 1. The van der Waals surface area contributed by atoms with Gasteiger partial charge in [-0.2, -0.15) is 0 Å². The fourth-order valence-electron chi connectivity index (χ4n) is 3.24. The highest BCUT2D eigenvalue weighted by atomic mass is 32.1. The van der Waals surface area contributed by atoms with Crippen LogP contribution in [0, 0.1) is 4.77 Å². The summed E-state index contributed by atoms with van der Waals surface area (Å²) in [6.07, 6.45) is 3.57. The lowest BCUT2D eigenvalue weighted by molar-refractivity contribution is -0.121. The molecular formula is C20H20N6O2S. The number of aromatic nitrogens is 5. The van der Waals surface area contributed by atoms with E-state index in [4.69, 9.17) is 12.2 Å². The predicted octanol–water partition coefficient (Wildman–Crippen LogP) is 2.24. The van der Waals surface area contributed by atoms with Gasteiger partial charge in [-0.3, -0.25) is 18.6 Å². The highest BCUT2D eigenvalue weighted by Crippen LogP contribution is 2.07. The van der Waals surface area contributed by atoms with Crippen molar-refractivity contribution in [2.24, 2.45) is 0 Å². The van der Waals surface area contributed by atoms with Crippen LogP contribution in [0.5, 0.6) is 0 Å². The summed E-state index contributed by atoms with van der Waals surface area (Å²) in [5.74, 6) is 0.745. The number of benzene rings is 1. The molecule has 1 amide bonds. The van der Waals surface area contributed by atoms with E-state index in [2.05, 4.69) is 20.5 Å². The molecule has 4 rings (SSSR count). The Morgan fingerprint density at radius 3 is 2.86 bits per heavy atom. The van der Waals surface area contributed by atoms with Crippen LogP contribution in [0.25, 0.3) is 16.6 Å². The number of carbonyl (C=O) groups is 1. The van der Waals surface area contributed by atoms with E-state index in [0.29, 0.717) is 28.6 Å². The summed E-state index contributed by atoms with van der Waals surface area (Å²) < 4.78 is 3.69. The van der Waals surface area contributed by atoms with Crippen LogP contribution in [0.3, 0.4) is 0 Å². The number of rotatable bonds is 7. The van der Waals surface area contributed by atoms with Gasteiger partial charge < -0.3 is 10.3 Å². The maximum atomic E-state index is 12.6. The van der Waals surface area contributed by atoms with Crippen LogP contribution in [-0.2, 0) is 17.8 Å². The lowest BCUT2D eigenvalue weighted by Gasteiger charge is -2.08. The number of pyridine rings is 1. The molecule has 0 unspecified atom stereocenters. The highest BCUT2D eigenvalue weighted by Gasteiger charge is 2.08. The third kappa shape index (κ3) is 4.09. The number of hydrogen-bond donors (Lipinski definition) is 2. The number of amides is 1. The first-order chi connectivity index (χ1) is 14.1. The smallest absolute Gasteiger partial charge is 0.262 e. The molecule has 0 saturated heterocycles. The van der Waals surface area contributed by atoms with Crippen molar-refractivity contribution in [3.05, 3.63) is 69.6 Å². The van der Waals surface area contributed by atoms with Gasteiger partial charge in [0.2, 0.25) is 5.91 Å². The van der Waals surface area contributed by atoms with Crippen LogP contribution in [0.15, 0.2) is 53.5 Å². The summed E-state index contributed by atoms with van der Waals surface area (Å²) in [5, 5.41) is 11.7. The van der Waals surface area contributed by atoms with Crippen molar-refractivity contribution in [2.45, 2.75) is 25.8 Å². The zero-order valence-electron chi connectivity index (χ0n) is 15.7. The first kappa shape index (κ1) is 19.0. The molecule has 3 heterocycles. The van der Waals surface area contributed by atoms with Gasteiger partial charge in [-0.25, -0.2) is 0 Å². The standard InChI is InChI=1S/C20H20N6O2S/c27-18(21-11-5-9-17-24-23-16-8-3-4-12-25(16)17)10-13-26-19(28)14-6-1-2-7-15(14)22-20(26)29/h1-4,6-8,12H,5,9-11,13H2,(H,21,27)(H,22,29). The number of aromatic amines is 1. The molecule has 9 heteroatoms. The number of nitrogens with zero attached hydrogens (tertiary/aromatic N) is 4. The average Bonchev–Trinajstić information content (AvgIpc) is 3.14. The zero-order chi connectivity index (χ0) is 20.2. The van der Waals surface area contributed by atoms with E-state index in [0.717, 1.165) is 17.9 Å². The van der Waals surface area contributed by atoms with Crippen LogP contribution in [-0.4, -0.2) is 36.6 Å². The van der Waals surface area contributed by atoms with Gasteiger partial charge in [-0.15, -0.1) is 10.2 Å². The Labute approximate surface area is 171 Å². The van der Waals surface area contributed by atoms with E-state index >= 15 is 0 Å². The molecule has 0 fully saturated rings. The van der Waals surface area contributed by atoms with Crippen molar-refractivity contribution in [2.75, 3.05) is 6.54 Å². The van der Waals surface area contributed by atoms with E-state index in [1.165, 1.54) is 4.57 Å². The predicted molar refractivity (Wildman–Crippen MR) is 112 cm³/mol.